The highest BCUT2D eigenvalue weighted by Gasteiger charge is 2.21. The zero-order valence-electron chi connectivity index (χ0n) is 13.3. The fraction of sp³-hybridized carbons (Fsp3) is 0.176. The Morgan fingerprint density at radius 2 is 1.96 bits per heavy atom. The number of fused-ring (bicyclic) bond motifs is 1. The monoisotopic (exact) mass is 324 g/mol. The maximum atomic E-state index is 12.3. The molecule has 7 heteroatoms. The predicted octanol–water partition coefficient (Wildman–Crippen LogP) is 1.86. The van der Waals surface area contributed by atoms with Gasteiger partial charge in [0.05, 0.1) is 5.69 Å². The summed E-state index contributed by atoms with van der Waals surface area (Å²) in [5, 5.41) is 4.20. The third-order valence-corrected chi connectivity index (χ3v) is 3.62. The van der Waals surface area contributed by atoms with E-state index >= 15 is 0 Å². The van der Waals surface area contributed by atoms with Gasteiger partial charge in [-0.2, -0.15) is 5.10 Å². The van der Waals surface area contributed by atoms with Gasteiger partial charge < -0.3 is 9.64 Å². The van der Waals surface area contributed by atoms with E-state index < -0.39 is 5.97 Å². The lowest BCUT2D eigenvalue weighted by molar-refractivity contribution is -0.121. The van der Waals surface area contributed by atoms with E-state index in [4.69, 9.17) is 4.74 Å². The highest BCUT2D eigenvalue weighted by atomic mass is 16.5. The molecule has 0 fully saturated rings. The normalized spacial score (nSPS) is 10.6. The SMILES string of the molecule is Cc1nn2cccnc2c1C(=O)OCC(=O)N(C)c1ccccc1. The summed E-state index contributed by atoms with van der Waals surface area (Å²) in [4.78, 5) is 30.1. The summed E-state index contributed by atoms with van der Waals surface area (Å²) in [6, 6.07) is 10.9. The highest BCUT2D eigenvalue weighted by Crippen LogP contribution is 2.15. The Kier molecular flexibility index (Phi) is 4.24. The Hall–Kier alpha value is -3.22. The Morgan fingerprint density at radius 1 is 1.21 bits per heavy atom. The first-order valence-electron chi connectivity index (χ1n) is 7.36. The summed E-state index contributed by atoms with van der Waals surface area (Å²) < 4.78 is 6.66. The molecule has 0 aliphatic heterocycles. The zero-order valence-corrected chi connectivity index (χ0v) is 13.3. The molecule has 24 heavy (non-hydrogen) atoms. The Labute approximate surface area is 138 Å². The number of esters is 1. The largest absolute Gasteiger partial charge is 0.452 e. The number of para-hydroxylation sites is 1. The maximum absolute atomic E-state index is 12.3. The summed E-state index contributed by atoms with van der Waals surface area (Å²) in [7, 11) is 1.63. The summed E-state index contributed by atoms with van der Waals surface area (Å²) in [6.07, 6.45) is 3.27. The van der Waals surface area contributed by atoms with Crippen LogP contribution in [0.25, 0.3) is 5.65 Å². The van der Waals surface area contributed by atoms with Crippen LogP contribution in [0.1, 0.15) is 16.1 Å². The standard InChI is InChI=1S/C17H16N4O3/c1-12-15(16-18-9-6-10-21(16)19-12)17(23)24-11-14(22)20(2)13-7-4-3-5-8-13/h3-10H,11H2,1-2H3. The third kappa shape index (κ3) is 2.96. The molecule has 1 amide bonds. The molecule has 0 N–H and O–H groups in total. The lowest BCUT2D eigenvalue weighted by Crippen LogP contribution is -2.31. The quantitative estimate of drug-likeness (QED) is 0.685. The van der Waals surface area contributed by atoms with Gasteiger partial charge in [-0.15, -0.1) is 0 Å². The summed E-state index contributed by atoms with van der Waals surface area (Å²) >= 11 is 0. The molecule has 0 spiro atoms. The third-order valence-electron chi connectivity index (χ3n) is 3.62. The van der Waals surface area contributed by atoms with Crippen LogP contribution in [0, 0.1) is 6.92 Å². The molecule has 122 valence electrons. The van der Waals surface area contributed by atoms with Gasteiger partial charge in [-0.05, 0) is 25.1 Å². The van der Waals surface area contributed by atoms with Gasteiger partial charge in [0.25, 0.3) is 5.91 Å². The molecule has 3 aromatic rings. The zero-order chi connectivity index (χ0) is 17.1. The predicted molar refractivity (Wildman–Crippen MR) is 87.9 cm³/mol. The molecule has 3 rings (SSSR count). The van der Waals surface area contributed by atoms with Gasteiger partial charge in [-0.3, -0.25) is 4.79 Å². The lowest BCUT2D eigenvalue weighted by Gasteiger charge is -2.16. The molecule has 0 aliphatic rings. The van der Waals surface area contributed by atoms with Crippen molar-refractivity contribution < 1.29 is 14.3 Å². The fourth-order valence-corrected chi connectivity index (χ4v) is 2.33. The van der Waals surface area contributed by atoms with Crippen LogP contribution >= 0.6 is 0 Å². The number of carbonyl (C=O) groups excluding carboxylic acids is 2. The van der Waals surface area contributed by atoms with E-state index in [1.807, 2.05) is 18.2 Å². The molecule has 2 aromatic heterocycles. The number of benzene rings is 1. The maximum Gasteiger partial charge on any atom is 0.344 e. The number of anilines is 1. The minimum Gasteiger partial charge on any atom is -0.452 e. The van der Waals surface area contributed by atoms with E-state index in [1.165, 1.54) is 9.42 Å². The molecule has 0 aliphatic carbocycles. The molecule has 1 aromatic carbocycles. The van der Waals surface area contributed by atoms with E-state index in [0.29, 0.717) is 11.3 Å². The van der Waals surface area contributed by atoms with Crippen molar-refractivity contribution in [3.05, 3.63) is 60.0 Å². The highest BCUT2D eigenvalue weighted by molar-refractivity contribution is 6.00. The number of likely N-dealkylation sites (N-methyl/N-ethyl adjacent to an activating group) is 1. The van der Waals surface area contributed by atoms with Crippen LogP contribution < -0.4 is 4.90 Å². The van der Waals surface area contributed by atoms with Crippen molar-refractivity contribution in [2.75, 3.05) is 18.6 Å². The number of hydrogen-bond donors (Lipinski definition) is 0. The number of rotatable bonds is 4. The number of carbonyl (C=O) groups is 2. The average molecular weight is 324 g/mol. The van der Waals surface area contributed by atoms with Gasteiger partial charge in [-0.1, -0.05) is 18.2 Å². The van der Waals surface area contributed by atoms with Gasteiger partial charge >= 0.3 is 5.97 Å². The van der Waals surface area contributed by atoms with Crippen molar-refractivity contribution in [2.24, 2.45) is 0 Å². The molecule has 0 atom stereocenters. The van der Waals surface area contributed by atoms with E-state index in [2.05, 4.69) is 10.1 Å². The van der Waals surface area contributed by atoms with Crippen molar-refractivity contribution >= 4 is 23.2 Å². The Balaban J connectivity index is 1.71. The summed E-state index contributed by atoms with van der Waals surface area (Å²) in [5.74, 6) is -0.937. The first-order chi connectivity index (χ1) is 11.6. The van der Waals surface area contributed by atoms with Crippen LogP contribution in [-0.2, 0) is 9.53 Å². The topological polar surface area (TPSA) is 76.8 Å². The van der Waals surface area contributed by atoms with Gasteiger partial charge in [0.2, 0.25) is 0 Å². The molecule has 0 unspecified atom stereocenters. The van der Waals surface area contributed by atoms with Crippen LogP contribution in [0.5, 0.6) is 0 Å². The summed E-state index contributed by atoms with van der Waals surface area (Å²) in [5.41, 5.74) is 1.91. The van der Waals surface area contributed by atoms with Gasteiger partial charge in [-0.25, -0.2) is 14.3 Å². The molecule has 0 saturated carbocycles. The minimum absolute atomic E-state index is 0.269. The average Bonchev–Trinajstić information content (AvgIpc) is 2.95. The number of aryl methyl sites for hydroxylation is 1. The first kappa shape index (κ1) is 15.7. The summed E-state index contributed by atoms with van der Waals surface area (Å²) in [6.45, 7) is 1.34. The molecular formula is C17H16N4O3. The van der Waals surface area contributed by atoms with Gasteiger partial charge in [0.15, 0.2) is 12.3 Å². The second kappa shape index (κ2) is 6.49. The van der Waals surface area contributed by atoms with Crippen LogP contribution in [0.4, 0.5) is 5.69 Å². The van der Waals surface area contributed by atoms with Gasteiger partial charge in [0, 0.05) is 25.1 Å². The van der Waals surface area contributed by atoms with Crippen LogP contribution in [0.3, 0.4) is 0 Å². The van der Waals surface area contributed by atoms with Crippen LogP contribution in [-0.4, -0.2) is 40.1 Å². The lowest BCUT2D eigenvalue weighted by atomic mass is 10.2. The van der Waals surface area contributed by atoms with Crippen molar-refractivity contribution in [1.82, 2.24) is 14.6 Å². The molecule has 2 heterocycles. The van der Waals surface area contributed by atoms with E-state index in [9.17, 15) is 9.59 Å². The number of aromatic nitrogens is 3. The fourth-order valence-electron chi connectivity index (χ4n) is 2.33. The molecule has 7 nitrogen and oxygen atoms in total. The second-order valence-electron chi connectivity index (χ2n) is 5.21. The van der Waals surface area contributed by atoms with Crippen LogP contribution in [0.15, 0.2) is 48.8 Å². The van der Waals surface area contributed by atoms with Gasteiger partial charge in [0.1, 0.15) is 5.56 Å². The van der Waals surface area contributed by atoms with Crippen molar-refractivity contribution in [3.8, 4) is 0 Å². The van der Waals surface area contributed by atoms with E-state index in [-0.39, 0.29) is 18.1 Å². The smallest absolute Gasteiger partial charge is 0.344 e. The molecule has 0 radical (unpaired) electrons. The van der Waals surface area contributed by atoms with Crippen molar-refractivity contribution in [1.29, 1.82) is 0 Å². The van der Waals surface area contributed by atoms with E-state index in [1.54, 1.807) is 44.6 Å². The Morgan fingerprint density at radius 3 is 2.71 bits per heavy atom. The second-order valence-corrected chi connectivity index (χ2v) is 5.21. The van der Waals surface area contributed by atoms with Crippen molar-refractivity contribution in [2.45, 2.75) is 6.92 Å². The molecule has 0 bridgehead atoms. The number of ether oxygens (including phenoxy) is 1. The molecule has 0 saturated heterocycles. The Bertz CT molecular complexity index is 889. The minimum atomic E-state index is -0.615. The molecular weight excluding hydrogens is 308 g/mol. The van der Waals surface area contributed by atoms with Crippen molar-refractivity contribution in [3.63, 3.8) is 0 Å². The van der Waals surface area contributed by atoms with E-state index in [0.717, 1.165) is 5.69 Å². The van der Waals surface area contributed by atoms with Crippen LogP contribution in [0.2, 0.25) is 0 Å². The number of hydrogen-bond acceptors (Lipinski definition) is 5. The number of nitrogens with zero attached hydrogens (tertiary/aromatic N) is 4. The number of amides is 1. The first-order valence-corrected chi connectivity index (χ1v) is 7.36.